The maximum absolute atomic E-state index is 12.9. The van der Waals surface area contributed by atoms with Crippen LogP contribution in [0.1, 0.15) is 53.9 Å². The van der Waals surface area contributed by atoms with Gasteiger partial charge in [-0.15, -0.1) is 0 Å². The number of hydrogen-bond acceptors (Lipinski definition) is 3. The summed E-state index contributed by atoms with van der Waals surface area (Å²) in [6.07, 6.45) is 4.85. The molecule has 3 aliphatic rings. The molecule has 0 saturated heterocycles. The summed E-state index contributed by atoms with van der Waals surface area (Å²) in [7, 11) is 0. The van der Waals surface area contributed by atoms with Crippen molar-refractivity contribution in [2.24, 2.45) is 23.7 Å². The molecule has 122 valence electrons. The van der Waals surface area contributed by atoms with Gasteiger partial charge in [-0.25, -0.2) is 0 Å². The van der Waals surface area contributed by atoms with E-state index >= 15 is 0 Å². The number of carbonyl (C=O) groups excluding carboxylic acids is 1. The van der Waals surface area contributed by atoms with Crippen LogP contribution in [0.3, 0.4) is 0 Å². The van der Waals surface area contributed by atoms with Crippen LogP contribution < -0.4 is 0 Å². The van der Waals surface area contributed by atoms with Crippen LogP contribution in [0, 0.1) is 23.7 Å². The largest absolute Gasteiger partial charge is 0.381 e. The Morgan fingerprint density at radius 2 is 1.86 bits per heavy atom. The van der Waals surface area contributed by atoms with Gasteiger partial charge in [0, 0.05) is 11.5 Å². The van der Waals surface area contributed by atoms with Crippen LogP contribution >= 0.6 is 0 Å². The Labute approximate surface area is 133 Å². The number of Topliss-reactive ketones (excluding diaryl/α,β-unsaturated/α-hetero) is 1. The summed E-state index contributed by atoms with van der Waals surface area (Å²) in [6.45, 7) is 9.79. The predicted molar refractivity (Wildman–Crippen MR) is 86.2 cm³/mol. The smallest absolute Gasteiger partial charge is 0.193 e. The van der Waals surface area contributed by atoms with Crippen molar-refractivity contribution in [3.8, 4) is 0 Å². The second kappa shape index (κ2) is 4.78. The highest BCUT2D eigenvalue weighted by atomic mass is 16.4. The molecule has 0 heterocycles. The SMILES string of the molecule is CC(C)=CC1CC(C)C2CCC(C)C3=C2C1(O)C(C)(O)C3=O. The maximum Gasteiger partial charge on any atom is 0.193 e. The van der Waals surface area contributed by atoms with Crippen molar-refractivity contribution in [1.29, 1.82) is 0 Å². The van der Waals surface area contributed by atoms with Gasteiger partial charge >= 0.3 is 0 Å². The van der Waals surface area contributed by atoms with E-state index in [2.05, 4.69) is 6.92 Å². The normalized spacial score (nSPS) is 47.5. The zero-order valence-corrected chi connectivity index (χ0v) is 14.3. The van der Waals surface area contributed by atoms with E-state index in [4.69, 9.17) is 0 Å². The molecule has 0 aromatic rings. The molecular formula is C19H28O3. The number of carbonyl (C=O) groups is 1. The van der Waals surface area contributed by atoms with Gasteiger partial charge in [0.15, 0.2) is 11.4 Å². The van der Waals surface area contributed by atoms with Gasteiger partial charge in [-0.05, 0) is 63.4 Å². The van der Waals surface area contributed by atoms with Crippen molar-refractivity contribution >= 4 is 5.78 Å². The van der Waals surface area contributed by atoms with Crippen LogP contribution in [0.2, 0.25) is 0 Å². The van der Waals surface area contributed by atoms with E-state index in [1.807, 2.05) is 26.8 Å². The minimum Gasteiger partial charge on any atom is -0.381 e. The first-order valence-electron chi connectivity index (χ1n) is 8.51. The van der Waals surface area contributed by atoms with E-state index in [-0.39, 0.29) is 23.5 Å². The molecule has 0 aromatic heterocycles. The van der Waals surface area contributed by atoms with Crippen LogP contribution in [0.15, 0.2) is 22.8 Å². The summed E-state index contributed by atoms with van der Waals surface area (Å²) < 4.78 is 0. The van der Waals surface area contributed by atoms with Gasteiger partial charge in [0.05, 0.1) is 0 Å². The van der Waals surface area contributed by atoms with Crippen LogP contribution in [-0.2, 0) is 4.79 Å². The highest BCUT2D eigenvalue weighted by Crippen LogP contribution is 2.60. The van der Waals surface area contributed by atoms with Crippen molar-refractivity contribution in [1.82, 2.24) is 0 Å². The fraction of sp³-hybridized carbons (Fsp3) is 0.737. The fourth-order valence-corrected chi connectivity index (χ4v) is 5.17. The second-order valence-corrected chi connectivity index (χ2v) is 8.14. The zero-order chi connectivity index (χ0) is 16.4. The van der Waals surface area contributed by atoms with Gasteiger partial charge in [-0.1, -0.05) is 25.5 Å². The summed E-state index contributed by atoms with van der Waals surface area (Å²) in [5.41, 5.74) is -0.427. The summed E-state index contributed by atoms with van der Waals surface area (Å²) in [5, 5.41) is 22.6. The second-order valence-electron chi connectivity index (χ2n) is 8.14. The van der Waals surface area contributed by atoms with Crippen molar-refractivity contribution in [2.45, 2.75) is 65.1 Å². The monoisotopic (exact) mass is 304 g/mol. The van der Waals surface area contributed by atoms with Gasteiger partial charge < -0.3 is 10.2 Å². The molecule has 0 aromatic carbocycles. The molecule has 6 atom stereocenters. The molecule has 1 saturated carbocycles. The van der Waals surface area contributed by atoms with Gasteiger partial charge in [-0.3, -0.25) is 4.79 Å². The standard InChI is InChI=1S/C19H28O3/c1-10(2)8-13-9-12(4)14-7-6-11(3)15-16(14)19(13,22)18(5,21)17(15)20/h8,11-14,21-22H,6-7,9H2,1-5H3. The molecule has 3 heteroatoms. The van der Waals surface area contributed by atoms with E-state index < -0.39 is 11.2 Å². The molecular weight excluding hydrogens is 276 g/mol. The lowest BCUT2D eigenvalue weighted by atomic mass is 9.57. The molecule has 0 bridgehead atoms. The molecule has 0 radical (unpaired) electrons. The first kappa shape index (κ1) is 15.9. The van der Waals surface area contributed by atoms with Crippen LogP contribution in [0.5, 0.6) is 0 Å². The Balaban J connectivity index is 2.25. The Kier molecular flexibility index (Phi) is 3.47. The number of hydrogen-bond donors (Lipinski definition) is 2. The van der Waals surface area contributed by atoms with Gasteiger partial charge in [0.1, 0.15) is 5.60 Å². The third-order valence-electron chi connectivity index (χ3n) is 6.29. The fourth-order valence-electron chi connectivity index (χ4n) is 5.17. The van der Waals surface area contributed by atoms with E-state index in [0.717, 1.165) is 36.0 Å². The lowest BCUT2D eigenvalue weighted by Crippen LogP contribution is -2.61. The topological polar surface area (TPSA) is 57.5 Å². The Morgan fingerprint density at radius 3 is 2.45 bits per heavy atom. The molecule has 1 fully saturated rings. The zero-order valence-electron chi connectivity index (χ0n) is 14.3. The van der Waals surface area contributed by atoms with Crippen molar-refractivity contribution in [2.75, 3.05) is 0 Å². The van der Waals surface area contributed by atoms with E-state index in [1.165, 1.54) is 6.92 Å². The third kappa shape index (κ3) is 1.78. The minimum atomic E-state index is -1.70. The molecule has 22 heavy (non-hydrogen) atoms. The Bertz CT molecular complexity index is 579. The van der Waals surface area contributed by atoms with Gasteiger partial charge in [0.25, 0.3) is 0 Å². The minimum absolute atomic E-state index is 0.136. The molecule has 3 aliphatic carbocycles. The molecule has 6 unspecified atom stereocenters. The first-order valence-corrected chi connectivity index (χ1v) is 8.51. The highest BCUT2D eigenvalue weighted by Gasteiger charge is 2.68. The molecule has 0 spiro atoms. The highest BCUT2D eigenvalue weighted by molar-refractivity contribution is 6.08. The molecule has 2 N–H and O–H groups in total. The third-order valence-corrected chi connectivity index (χ3v) is 6.29. The van der Waals surface area contributed by atoms with E-state index in [9.17, 15) is 15.0 Å². The number of ketones is 1. The molecule has 3 nitrogen and oxygen atoms in total. The van der Waals surface area contributed by atoms with Crippen LogP contribution in [-0.4, -0.2) is 27.2 Å². The predicted octanol–water partition coefficient (Wildman–Crippen LogP) is 3.02. The number of aliphatic hydroxyl groups is 2. The van der Waals surface area contributed by atoms with Crippen molar-refractivity contribution < 1.29 is 15.0 Å². The van der Waals surface area contributed by atoms with Crippen LogP contribution in [0.25, 0.3) is 0 Å². The Morgan fingerprint density at radius 1 is 1.23 bits per heavy atom. The average Bonchev–Trinajstić information content (AvgIpc) is 2.57. The molecule has 3 rings (SSSR count). The summed E-state index contributed by atoms with van der Waals surface area (Å²) in [6, 6.07) is 0. The van der Waals surface area contributed by atoms with E-state index in [0.29, 0.717) is 5.92 Å². The molecule has 0 aliphatic heterocycles. The summed E-state index contributed by atoms with van der Waals surface area (Å²) >= 11 is 0. The number of rotatable bonds is 1. The number of allylic oxidation sites excluding steroid dienone is 1. The van der Waals surface area contributed by atoms with Gasteiger partial charge in [0.2, 0.25) is 0 Å². The summed E-state index contributed by atoms with van der Waals surface area (Å²) in [4.78, 5) is 12.9. The Hall–Kier alpha value is -0.930. The quantitative estimate of drug-likeness (QED) is 0.732. The van der Waals surface area contributed by atoms with Crippen molar-refractivity contribution in [3.63, 3.8) is 0 Å². The first-order chi connectivity index (χ1) is 10.1. The molecule has 0 amide bonds. The van der Waals surface area contributed by atoms with E-state index in [1.54, 1.807) is 0 Å². The van der Waals surface area contributed by atoms with Gasteiger partial charge in [-0.2, -0.15) is 0 Å². The van der Waals surface area contributed by atoms with Crippen molar-refractivity contribution in [3.05, 3.63) is 22.8 Å². The lowest BCUT2D eigenvalue weighted by Gasteiger charge is -2.51. The lowest BCUT2D eigenvalue weighted by molar-refractivity contribution is -0.165. The average molecular weight is 304 g/mol. The maximum atomic E-state index is 12.9. The summed E-state index contributed by atoms with van der Waals surface area (Å²) in [5.74, 6) is 0.358. The van der Waals surface area contributed by atoms with Crippen LogP contribution in [0.4, 0.5) is 0 Å².